The maximum Gasteiger partial charge on any atom is 0.230 e. The minimum atomic E-state index is -0.281. The van der Waals surface area contributed by atoms with Gasteiger partial charge in [-0.25, -0.2) is 0 Å². The number of rotatable bonds is 7. The molecule has 0 radical (unpaired) electrons. The number of carbonyl (C=O) groups excluding carboxylic acids is 1. The van der Waals surface area contributed by atoms with Crippen LogP contribution in [-0.4, -0.2) is 51.0 Å². The summed E-state index contributed by atoms with van der Waals surface area (Å²) in [6.07, 6.45) is 6.19. The highest BCUT2D eigenvalue weighted by Gasteiger charge is 2.42. The SMILES string of the molecule is CCc1ccc(CCNC(=NC)NCC2(C(=O)N(C)C)CCCC2)cc1.I. The minimum absolute atomic E-state index is 0. The first-order chi connectivity index (χ1) is 12.5. The molecule has 0 spiro atoms. The van der Waals surface area contributed by atoms with Crippen LogP contribution in [0.5, 0.6) is 0 Å². The van der Waals surface area contributed by atoms with Crippen LogP contribution in [0.4, 0.5) is 0 Å². The molecule has 6 heteroatoms. The van der Waals surface area contributed by atoms with Crippen molar-refractivity contribution in [2.24, 2.45) is 10.4 Å². The number of carbonyl (C=O) groups is 1. The first-order valence-electron chi connectivity index (χ1n) is 9.75. The predicted molar refractivity (Wildman–Crippen MR) is 124 cm³/mol. The Morgan fingerprint density at radius 1 is 1.11 bits per heavy atom. The lowest BCUT2D eigenvalue weighted by atomic mass is 9.84. The summed E-state index contributed by atoms with van der Waals surface area (Å²) in [5.74, 6) is 1.00. The van der Waals surface area contributed by atoms with Crippen molar-refractivity contribution < 1.29 is 4.79 Å². The third-order valence-corrected chi connectivity index (χ3v) is 5.38. The number of nitrogens with zero attached hydrogens (tertiary/aromatic N) is 2. The van der Waals surface area contributed by atoms with Gasteiger partial charge in [-0.15, -0.1) is 24.0 Å². The molecule has 2 rings (SSSR count). The molecule has 1 aliphatic rings. The second-order valence-electron chi connectivity index (χ2n) is 7.46. The lowest BCUT2D eigenvalue weighted by molar-refractivity contribution is -0.138. The molecule has 2 N–H and O–H groups in total. The van der Waals surface area contributed by atoms with Gasteiger partial charge in [0.25, 0.3) is 0 Å². The molecule has 1 aromatic carbocycles. The summed E-state index contributed by atoms with van der Waals surface area (Å²) >= 11 is 0. The normalized spacial score (nSPS) is 15.8. The van der Waals surface area contributed by atoms with Gasteiger partial charge in [0.2, 0.25) is 5.91 Å². The van der Waals surface area contributed by atoms with E-state index >= 15 is 0 Å². The number of amides is 1. The molecule has 27 heavy (non-hydrogen) atoms. The van der Waals surface area contributed by atoms with Crippen LogP contribution in [0.1, 0.15) is 43.7 Å². The molecule has 1 aromatic rings. The van der Waals surface area contributed by atoms with Crippen molar-refractivity contribution in [2.45, 2.75) is 45.4 Å². The van der Waals surface area contributed by atoms with Crippen molar-refractivity contribution in [2.75, 3.05) is 34.2 Å². The average Bonchev–Trinajstić information content (AvgIpc) is 3.14. The fraction of sp³-hybridized carbons (Fsp3) is 0.619. The molecule has 0 atom stereocenters. The maximum absolute atomic E-state index is 12.6. The predicted octanol–water partition coefficient (Wildman–Crippen LogP) is 3.22. The van der Waals surface area contributed by atoms with E-state index < -0.39 is 0 Å². The number of nitrogens with one attached hydrogen (secondary N) is 2. The third kappa shape index (κ3) is 6.66. The first-order valence-corrected chi connectivity index (χ1v) is 9.75. The Labute approximate surface area is 181 Å². The molecule has 0 bridgehead atoms. The zero-order valence-corrected chi connectivity index (χ0v) is 19.5. The fourth-order valence-electron chi connectivity index (χ4n) is 3.73. The summed E-state index contributed by atoms with van der Waals surface area (Å²) in [5, 5.41) is 6.75. The van der Waals surface area contributed by atoms with E-state index in [9.17, 15) is 4.79 Å². The summed E-state index contributed by atoms with van der Waals surface area (Å²) in [5.41, 5.74) is 2.41. The van der Waals surface area contributed by atoms with Gasteiger partial charge in [0, 0.05) is 34.2 Å². The molecule has 1 saturated carbocycles. The zero-order chi connectivity index (χ0) is 19.0. The molecule has 0 saturated heterocycles. The smallest absolute Gasteiger partial charge is 0.230 e. The number of guanidine groups is 1. The van der Waals surface area contributed by atoms with Gasteiger partial charge >= 0.3 is 0 Å². The molecule has 0 aliphatic heterocycles. The van der Waals surface area contributed by atoms with Crippen LogP contribution in [0.3, 0.4) is 0 Å². The number of aliphatic imine (C=N–C) groups is 1. The van der Waals surface area contributed by atoms with Crippen LogP contribution >= 0.6 is 24.0 Å². The Hall–Kier alpha value is -1.31. The van der Waals surface area contributed by atoms with Crippen LogP contribution < -0.4 is 10.6 Å². The molecule has 5 nitrogen and oxygen atoms in total. The third-order valence-electron chi connectivity index (χ3n) is 5.38. The summed E-state index contributed by atoms with van der Waals surface area (Å²) in [4.78, 5) is 18.7. The van der Waals surface area contributed by atoms with E-state index in [4.69, 9.17) is 0 Å². The highest BCUT2D eigenvalue weighted by Crippen LogP contribution is 2.38. The molecule has 1 fully saturated rings. The quantitative estimate of drug-likeness (QED) is 0.354. The summed E-state index contributed by atoms with van der Waals surface area (Å²) in [7, 11) is 5.47. The Kier molecular flexibility index (Phi) is 10.1. The van der Waals surface area contributed by atoms with Gasteiger partial charge in [-0.2, -0.15) is 0 Å². The highest BCUT2D eigenvalue weighted by molar-refractivity contribution is 14.0. The molecule has 0 aromatic heterocycles. The lowest BCUT2D eigenvalue weighted by Gasteiger charge is -2.31. The Balaban J connectivity index is 0.00000364. The van der Waals surface area contributed by atoms with Crippen molar-refractivity contribution >= 4 is 35.8 Å². The van der Waals surface area contributed by atoms with E-state index in [1.54, 1.807) is 11.9 Å². The Morgan fingerprint density at radius 2 is 1.70 bits per heavy atom. The molecular weight excluding hydrogens is 451 g/mol. The van der Waals surface area contributed by atoms with Gasteiger partial charge in [-0.3, -0.25) is 9.79 Å². The largest absolute Gasteiger partial charge is 0.356 e. The molecule has 1 amide bonds. The average molecular weight is 486 g/mol. The monoisotopic (exact) mass is 486 g/mol. The van der Waals surface area contributed by atoms with Crippen LogP contribution in [0.2, 0.25) is 0 Å². The summed E-state index contributed by atoms with van der Waals surface area (Å²) < 4.78 is 0. The van der Waals surface area contributed by atoms with Crippen molar-refractivity contribution in [1.82, 2.24) is 15.5 Å². The number of aryl methyl sites for hydroxylation is 1. The van der Waals surface area contributed by atoms with Crippen LogP contribution in [0.15, 0.2) is 29.3 Å². The van der Waals surface area contributed by atoms with Crippen molar-refractivity contribution in [3.63, 3.8) is 0 Å². The number of hydrogen-bond acceptors (Lipinski definition) is 2. The minimum Gasteiger partial charge on any atom is -0.356 e. The standard InChI is InChI=1S/C21H34N4O.HI/c1-5-17-8-10-18(11-9-17)12-15-23-20(22-2)24-16-21(13-6-7-14-21)19(26)25(3)4;/h8-11H,5-7,12-16H2,1-4H3,(H2,22,23,24);1H. The summed E-state index contributed by atoms with van der Waals surface area (Å²) in [6, 6.07) is 8.78. The highest BCUT2D eigenvalue weighted by atomic mass is 127. The second kappa shape index (κ2) is 11.5. The van der Waals surface area contributed by atoms with Crippen molar-refractivity contribution in [3.8, 4) is 0 Å². The number of halogens is 1. The van der Waals surface area contributed by atoms with Gasteiger partial charge in [0.15, 0.2) is 5.96 Å². The van der Waals surface area contributed by atoms with E-state index in [0.29, 0.717) is 6.54 Å². The Morgan fingerprint density at radius 3 is 2.22 bits per heavy atom. The van der Waals surface area contributed by atoms with E-state index in [1.807, 2.05) is 14.1 Å². The molecule has 152 valence electrons. The maximum atomic E-state index is 12.6. The van der Waals surface area contributed by atoms with Gasteiger partial charge < -0.3 is 15.5 Å². The topological polar surface area (TPSA) is 56.7 Å². The molecule has 0 heterocycles. The van der Waals surface area contributed by atoms with Crippen molar-refractivity contribution in [3.05, 3.63) is 35.4 Å². The van der Waals surface area contributed by atoms with Crippen LogP contribution in [-0.2, 0) is 17.6 Å². The van der Waals surface area contributed by atoms with E-state index in [1.165, 1.54) is 11.1 Å². The van der Waals surface area contributed by atoms with Crippen LogP contribution in [0, 0.1) is 5.41 Å². The lowest BCUT2D eigenvalue weighted by Crippen LogP contribution is -2.49. The zero-order valence-electron chi connectivity index (χ0n) is 17.2. The number of hydrogen-bond donors (Lipinski definition) is 2. The Bertz CT molecular complexity index is 607. The van der Waals surface area contributed by atoms with E-state index in [0.717, 1.165) is 51.0 Å². The van der Waals surface area contributed by atoms with E-state index in [-0.39, 0.29) is 35.3 Å². The second-order valence-corrected chi connectivity index (χ2v) is 7.46. The number of benzene rings is 1. The van der Waals surface area contributed by atoms with Crippen LogP contribution in [0.25, 0.3) is 0 Å². The van der Waals surface area contributed by atoms with Gasteiger partial charge in [-0.05, 0) is 36.8 Å². The fourth-order valence-corrected chi connectivity index (χ4v) is 3.73. The van der Waals surface area contributed by atoms with Gasteiger partial charge in [-0.1, -0.05) is 44.0 Å². The van der Waals surface area contributed by atoms with Gasteiger partial charge in [0.05, 0.1) is 5.41 Å². The van der Waals surface area contributed by atoms with Gasteiger partial charge in [0.1, 0.15) is 0 Å². The molecule has 1 aliphatic carbocycles. The van der Waals surface area contributed by atoms with Crippen molar-refractivity contribution in [1.29, 1.82) is 0 Å². The van der Waals surface area contributed by atoms with E-state index in [2.05, 4.69) is 46.8 Å². The summed E-state index contributed by atoms with van der Waals surface area (Å²) in [6.45, 7) is 3.64. The molecular formula is C21H35IN4O. The molecule has 0 unspecified atom stereocenters. The first kappa shape index (κ1) is 23.7.